The van der Waals surface area contributed by atoms with Crippen molar-refractivity contribution in [2.24, 2.45) is 0 Å². The van der Waals surface area contributed by atoms with Gasteiger partial charge in [-0.3, -0.25) is 4.79 Å². The number of benzene rings is 1. The monoisotopic (exact) mass is 348 g/mol. The number of ether oxygens (including phenoxy) is 1. The molecule has 21 heavy (non-hydrogen) atoms. The third kappa shape index (κ3) is 2.71. The number of hydrogen-bond acceptors (Lipinski definition) is 4. The first-order valence-corrected chi connectivity index (χ1v) is 7.33. The number of halogens is 1. The molecule has 0 spiro atoms. The molecule has 0 aliphatic heterocycles. The molecular weight excluding hydrogens is 336 g/mol. The van der Waals surface area contributed by atoms with E-state index >= 15 is 0 Å². The normalized spacial score (nSPS) is 11.0. The van der Waals surface area contributed by atoms with Gasteiger partial charge < -0.3 is 13.8 Å². The zero-order chi connectivity index (χ0) is 14.8. The van der Waals surface area contributed by atoms with Crippen LogP contribution in [-0.4, -0.2) is 22.3 Å². The Kier molecular flexibility index (Phi) is 3.79. The van der Waals surface area contributed by atoms with Crippen LogP contribution in [-0.2, 0) is 16.1 Å². The Hall–Kier alpha value is -2.08. The van der Waals surface area contributed by atoms with Crippen LogP contribution in [0.1, 0.15) is 6.92 Å². The zero-order valence-corrected chi connectivity index (χ0v) is 13.0. The van der Waals surface area contributed by atoms with Gasteiger partial charge in [0.2, 0.25) is 0 Å². The second-order valence-corrected chi connectivity index (χ2v) is 5.44. The molecule has 0 N–H and O–H groups in total. The fourth-order valence-corrected chi connectivity index (χ4v) is 2.66. The number of carbonyl (C=O) groups is 1. The van der Waals surface area contributed by atoms with Crippen molar-refractivity contribution < 1.29 is 14.1 Å². The van der Waals surface area contributed by atoms with Gasteiger partial charge in [0, 0.05) is 33.2 Å². The molecule has 6 heteroatoms. The second-order valence-electron chi connectivity index (χ2n) is 4.52. The summed E-state index contributed by atoms with van der Waals surface area (Å²) >= 11 is 3.47. The van der Waals surface area contributed by atoms with E-state index in [9.17, 15) is 4.79 Å². The molecule has 0 unspecified atom stereocenters. The first kappa shape index (κ1) is 13.9. The van der Waals surface area contributed by atoms with E-state index in [1.165, 1.54) is 6.26 Å². The lowest BCUT2D eigenvalue weighted by Crippen LogP contribution is -2.12. The highest BCUT2D eigenvalue weighted by Gasteiger charge is 2.15. The van der Waals surface area contributed by atoms with Gasteiger partial charge in [0.1, 0.15) is 18.5 Å². The molecule has 1 aromatic carbocycles. The van der Waals surface area contributed by atoms with Gasteiger partial charge in [0.25, 0.3) is 0 Å². The van der Waals surface area contributed by atoms with E-state index in [1.54, 1.807) is 13.0 Å². The number of fused-ring (bicyclic) bond motifs is 1. The summed E-state index contributed by atoms with van der Waals surface area (Å²) in [4.78, 5) is 11.7. The lowest BCUT2D eigenvalue weighted by molar-refractivity contribution is -0.143. The number of rotatable bonds is 4. The topological polar surface area (TPSA) is 57.3 Å². The zero-order valence-electron chi connectivity index (χ0n) is 11.4. The van der Waals surface area contributed by atoms with Crippen LogP contribution in [0.25, 0.3) is 22.2 Å². The molecule has 0 amide bonds. The van der Waals surface area contributed by atoms with Crippen molar-refractivity contribution in [1.29, 1.82) is 0 Å². The van der Waals surface area contributed by atoms with E-state index in [1.807, 2.05) is 29.0 Å². The molecule has 0 atom stereocenters. The summed E-state index contributed by atoms with van der Waals surface area (Å²) in [5, 5.41) is 4.98. The quantitative estimate of drug-likeness (QED) is 0.675. The molecule has 3 rings (SSSR count). The van der Waals surface area contributed by atoms with Crippen LogP contribution in [0.15, 0.2) is 45.7 Å². The van der Waals surface area contributed by atoms with Crippen molar-refractivity contribution >= 4 is 32.8 Å². The number of hydrogen-bond donors (Lipinski definition) is 0. The molecule has 0 aliphatic carbocycles. The molecular formula is C15H13BrN2O3. The first-order chi connectivity index (χ1) is 10.2. The van der Waals surface area contributed by atoms with E-state index in [0.717, 1.165) is 26.6 Å². The van der Waals surface area contributed by atoms with Crippen molar-refractivity contribution in [1.82, 2.24) is 9.72 Å². The summed E-state index contributed by atoms with van der Waals surface area (Å²) in [6.07, 6.45) is 3.42. The minimum absolute atomic E-state index is 0.170. The van der Waals surface area contributed by atoms with Gasteiger partial charge in [-0.15, -0.1) is 0 Å². The maximum absolute atomic E-state index is 11.7. The number of carbonyl (C=O) groups excluding carboxylic acids is 1. The number of nitrogens with zero attached hydrogens (tertiary/aromatic N) is 2. The highest BCUT2D eigenvalue weighted by Crippen LogP contribution is 2.31. The van der Waals surface area contributed by atoms with Crippen LogP contribution in [0, 0.1) is 0 Å². The molecule has 0 fully saturated rings. The molecule has 3 aromatic rings. The molecule has 2 aromatic heterocycles. The van der Waals surface area contributed by atoms with E-state index < -0.39 is 0 Å². The highest BCUT2D eigenvalue weighted by atomic mass is 79.9. The Labute approximate surface area is 129 Å². The SMILES string of the molecule is CCOC(=O)Cn1cc(-c2ccon2)c2cc(Br)ccc21. The predicted octanol–water partition coefficient (Wildman–Crippen LogP) is 3.62. The molecule has 0 bridgehead atoms. The Balaban J connectivity index is 2.11. The third-order valence-corrected chi connectivity index (χ3v) is 3.65. The Morgan fingerprint density at radius 1 is 1.43 bits per heavy atom. The number of aromatic nitrogens is 2. The molecule has 5 nitrogen and oxygen atoms in total. The predicted molar refractivity (Wildman–Crippen MR) is 81.8 cm³/mol. The van der Waals surface area contributed by atoms with Crippen molar-refractivity contribution in [3.05, 3.63) is 41.2 Å². The van der Waals surface area contributed by atoms with Crippen LogP contribution in [0.4, 0.5) is 0 Å². The van der Waals surface area contributed by atoms with Crippen LogP contribution in [0.2, 0.25) is 0 Å². The minimum atomic E-state index is -0.260. The maximum atomic E-state index is 11.7. The Morgan fingerprint density at radius 2 is 2.29 bits per heavy atom. The third-order valence-electron chi connectivity index (χ3n) is 3.16. The standard InChI is InChI=1S/C15H13BrN2O3/c1-2-20-15(19)9-18-8-12(13-5-6-21-17-13)11-7-10(16)3-4-14(11)18/h3-8H,2,9H2,1H3. The van der Waals surface area contributed by atoms with Crippen molar-refractivity contribution in [2.75, 3.05) is 6.61 Å². The van der Waals surface area contributed by atoms with Gasteiger partial charge in [-0.25, -0.2) is 0 Å². The number of esters is 1. The summed E-state index contributed by atoms with van der Waals surface area (Å²) in [6, 6.07) is 7.70. The molecule has 0 saturated heterocycles. The van der Waals surface area contributed by atoms with Crippen LogP contribution in [0.5, 0.6) is 0 Å². The van der Waals surface area contributed by atoms with Crippen LogP contribution >= 0.6 is 15.9 Å². The molecule has 0 aliphatic rings. The maximum Gasteiger partial charge on any atom is 0.325 e. The van der Waals surface area contributed by atoms with E-state index in [0.29, 0.717) is 6.61 Å². The summed E-state index contributed by atoms with van der Waals surface area (Å²) in [5.74, 6) is -0.260. The largest absolute Gasteiger partial charge is 0.465 e. The van der Waals surface area contributed by atoms with E-state index in [4.69, 9.17) is 9.26 Å². The average molecular weight is 349 g/mol. The van der Waals surface area contributed by atoms with E-state index in [-0.39, 0.29) is 12.5 Å². The van der Waals surface area contributed by atoms with Gasteiger partial charge in [-0.2, -0.15) is 0 Å². The first-order valence-electron chi connectivity index (χ1n) is 6.54. The van der Waals surface area contributed by atoms with Crippen LogP contribution < -0.4 is 0 Å². The second kappa shape index (κ2) is 5.73. The summed E-state index contributed by atoms with van der Waals surface area (Å²) < 4.78 is 12.8. The summed E-state index contributed by atoms with van der Waals surface area (Å²) in [5.41, 5.74) is 2.61. The van der Waals surface area contributed by atoms with Crippen molar-refractivity contribution in [3.63, 3.8) is 0 Å². The lowest BCUT2D eigenvalue weighted by atomic mass is 10.1. The van der Waals surface area contributed by atoms with Gasteiger partial charge in [0.15, 0.2) is 0 Å². The molecule has 2 heterocycles. The summed E-state index contributed by atoms with van der Waals surface area (Å²) in [6.45, 7) is 2.34. The Bertz CT molecular complexity index is 778. The van der Waals surface area contributed by atoms with E-state index in [2.05, 4.69) is 21.1 Å². The fourth-order valence-electron chi connectivity index (χ4n) is 2.30. The lowest BCUT2D eigenvalue weighted by Gasteiger charge is -2.04. The molecule has 0 radical (unpaired) electrons. The average Bonchev–Trinajstić information content (AvgIpc) is 3.07. The Morgan fingerprint density at radius 3 is 3.00 bits per heavy atom. The molecule has 108 valence electrons. The highest BCUT2D eigenvalue weighted by molar-refractivity contribution is 9.10. The van der Waals surface area contributed by atoms with Gasteiger partial charge >= 0.3 is 5.97 Å². The van der Waals surface area contributed by atoms with Gasteiger partial charge in [-0.1, -0.05) is 21.1 Å². The summed E-state index contributed by atoms with van der Waals surface area (Å²) in [7, 11) is 0. The van der Waals surface area contributed by atoms with Gasteiger partial charge in [0.05, 0.1) is 6.61 Å². The van der Waals surface area contributed by atoms with Crippen molar-refractivity contribution in [2.45, 2.75) is 13.5 Å². The van der Waals surface area contributed by atoms with Crippen LogP contribution in [0.3, 0.4) is 0 Å². The smallest absolute Gasteiger partial charge is 0.325 e. The minimum Gasteiger partial charge on any atom is -0.465 e. The van der Waals surface area contributed by atoms with Crippen molar-refractivity contribution in [3.8, 4) is 11.3 Å². The van der Waals surface area contributed by atoms with Gasteiger partial charge in [-0.05, 0) is 25.1 Å². The molecule has 0 saturated carbocycles. The fraction of sp³-hybridized carbons (Fsp3) is 0.200.